The van der Waals surface area contributed by atoms with Crippen molar-refractivity contribution in [1.29, 1.82) is 0 Å². The second kappa shape index (κ2) is 6.23. The fourth-order valence-electron chi connectivity index (χ4n) is 1.75. The van der Waals surface area contributed by atoms with Crippen LogP contribution < -0.4 is 11.1 Å². The molecular weight excluding hydrogens is 228 g/mol. The van der Waals surface area contributed by atoms with Gasteiger partial charge in [-0.2, -0.15) is 0 Å². The van der Waals surface area contributed by atoms with E-state index in [0.717, 1.165) is 18.7 Å². The highest BCUT2D eigenvalue weighted by atomic mass is 15.5. The van der Waals surface area contributed by atoms with Crippen molar-refractivity contribution in [2.24, 2.45) is 5.73 Å². The smallest absolute Gasteiger partial charge is 0.143 e. The van der Waals surface area contributed by atoms with E-state index in [0.29, 0.717) is 6.54 Å². The van der Waals surface area contributed by atoms with Crippen molar-refractivity contribution in [3.8, 4) is 5.69 Å². The van der Waals surface area contributed by atoms with Crippen LogP contribution in [0.15, 0.2) is 30.6 Å². The van der Waals surface area contributed by atoms with E-state index >= 15 is 0 Å². The fourth-order valence-corrected chi connectivity index (χ4v) is 1.75. The molecule has 0 amide bonds. The Hall–Kier alpha value is -1.79. The Kier molecular flexibility index (Phi) is 4.38. The highest BCUT2D eigenvalue weighted by molar-refractivity contribution is 5.35. The van der Waals surface area contributed by atoms with Crippen LogP contribution in [0.3, 0.4) is 0 Å². The van der Waals surface area contributed by atoms with Gasteiger partial charge in [0.15, 0.2) is 0 Å². The Labute approximate surface area is 106 Å². The van der Waals surface area contributed by atoms with Crippen LogP contribution in [0.1, 0.15) is 24.9 Å². The van der Waals surface area contributed by atoms with Gasteiger partial charge in [0.1, 0.15) is 6.33 Å². The first-order valence-electron chi connectivity index (χ1n) is 6.08. The zero-order valence-corrected chi connectivity index (χ0v) is 10.5. The molecule has 0 radical (unpaired) electrons. The molecule has 0 aliphatic heterocycles. The molecule has 1 heterocycles. The number of benzene rings is 1. The SMILES string of the molecule is CC(NCCCN)c1cccc(-n2cnnn2)c1. The van der Waals surface area contributed by atoms with Crippen molar-refractivity contribution in [2.75, 3.05) is 13.1 Å². The number of hydrogen-bond donors (Lipinski definition) is 2. The molecule has 0 saturated heterocycles. The lowest BCUT2D eigenvalue weighted by atomic mass is 10.1. The molecule has 0 saturated carbocycles. The van der Waals surface area contributed by atoms with Gasteiger partial charge in [-0.3, -0.25) is 0 Å². The normalized spacial score (nSPS) is 12.6. The van der Waals surface area contributed by atoms with Gasteiger partial charge in [-0.05, 0) is 54.6 Å². The van der Waals surface area contributed by atoms with Crippen molar-refractivity contribution in [3.05, 3.63) is 36.2 Å². The maximum atomic E-state index is 5.48. The summed E-state index contributed by atoms with van der Waals surface area (Å²) >= 11 is 0. The Morgan fingerprint density at radius 1 is 1.44 bits per heavy atom. The number of tetrazole rings is 1. The predicted molar refractivity (Wildman–Crippen MR) is 69.2 cm³/mol. The molecule has 1 atom stereocenters. The summed E-state index contributed by atoms with van der Waals surface area (Å²) in [5.41, 5.74) is 7.65. The van der Waals surface area contributed by atoms with Gasteiger partial charge in [-0.25, -0.2) is 4.68 Å². The summed E-state index contributed by atoms with van der Waals surface area (Å²) in [6, 6.07) is 8.44. The maximum absolute atomic E-state index is 5.48. The molecular formula is C12H18N6. The molecule has 96 valence electrons. The number of nitrogens with one attached hydrogen (secondary N) is 1. The van der Waals surface area contributed by atoms with E-state index in [1.54, 1.807) is 11.0 Å². The third kappa shape index (κ3) is 3.12. The number of hydrogen-bond acceptors (Lipinski definition) is 5. The summed E-state index contributed by atoms with van der Waals surface area (Å²) in [4.78, 5) is 0. The van der Waals surface area contributed by atoms with Crippen LogP contribution in [0.5, 0.6) is 0 Å². The van der Waals surface area contributed by atoms with Crippen LogP contribution in [0.4, 0.5) is 0 Å². The summed E-state index contributed by atoms with van der Waals surface area (Å²) in [5, 5.41) is 14.6. The lowest BCUT2D eigenvalue weighted by Crippen LogP contribution is -2.22. The Balaban J connectivity index is 2.07. The topological polar surface area (TPSA) is 81.6 Å². The lowest BCUT2D eigenvalue weighted by molar-refractivity contribution is 0.561. The summed E-state index contributed by atoms with van der Waals surface area (Å²) in [6.07, 6.45) is 2.57. The summed E-state index contributed by atoms with van der Waals surface area (Å²) < 4.78 is 1.65. The van der Waals surface area contributed by atoms with Gasteiger partial charge >= 0.3 is 0 Å². The maximum Gasteiger partial charge on any atom is 0.143 e. The molecule has 0 spiro atoms. The van der Waals surface area contributed by atoms with E-state index < -0.39 is 0 Å². The van der Waals surface area contributed by atoms with E-state index in [-0.39, 0.29) is 6.04 Å². The van der Waals surface area contributed by atoms with Crippen molar-refractivity contribution < 1.29 is 0 Å². The first-order chi connectivity index (χ1) is 8.81. The van der Waals surface area contributed by atoms with Crippen LogP contribution in [-0.4, -0.2) is 33.3 Å². The quantitative estimate of drug-likeness (QED) is 0.732. The van der Waals surface area contributed by atoms with E-state index in [2.05, 4.69) is 39.9 Å². The van der Waals surface area contributed by atoms with Crippen LogP contribution in [0, 0.1) is 0 Å². The monoisotopic (exact) mass is 246 g/mol. The highest BCUT2D eigenvalue weighted by Crippen LogP contribution is 2.15. The van der Waals surface area contributed by atoms with Crippen LogP contribution in [0.2, 0.25) is 0 Å². The molecule has 1 aromatic carbocycles. The second-order valence-electron chi connectivity index (χ2n) is 4.17. The number of nitrogens with two attached hydrogens (primary N) is 1. The molecule has 0 fully saturated rings. The molecule has 18 heavy (non-hydrogen) atoms. The van der Waals surface area contributed by atoms with E-state index in [1.807, 2.05) is 12.1 Å². The molecule has 2 rings (SSSR count). The largest absolute Gasteiger partial charge is 0.330 e. The van der Waals surface area contributed by atoms with Gasteiger partial charge in [0.25, 0.3) is 0 Å². The average molecular weight is 246 g/mol. The minimum Gasteiger partial charge on any atom is -0.330 e. The fraction of sp³-hybridized carbons (Fsp3) is 0.417. The average Bonchev–Trinajstić information content (AvgIpc) is 2.93. The van der Waals surface area contributed by atoms with Crippen molar-refractivity contribution in [1.82, 2.24) is 25.5 Å². The van der Waals surface area contributed by atoms with Crippen LogP contribution in [0.25, 0.3) is 5.69 Å². The van der Waals surface area contributed by atoms with Crippen molar-refractivity contribution in [3.63, 3.8) is 0 Å². The lowest BCUT2D eigenvalue weighted by Gasteiger charge is -2.14. The molecule has 6 heteroatoms. The zero-order valence-electron chi connectivity index (χ0n) is 10.5. The molecule has 0 aliphatic rings. The molecule has 0 aliphatic carbocycles. The van der Waals surface area contributed by atoms with E-state index in [1.165, 1.54) is 5.56 Å². The number of nitrogens with zero attached hydrogens (tertiary/aromatic N) is 4. The molecule has 1 aromatic heterocycles. The zero-order chi connectivity index (χ0) is 12.8. The number of aromatic nitrogens is 4. The molecule has 0 bridgehead atoms. The summed E-state index contributed by atoms with van der Waals surface area (Å²) in [5.74, 6) is 0. The standard InChI is InChI=1S/C12H18N6/c1-10(14-7-3-6-13)11-4-2-5-12(8-11)18-9-15-16-17-18/h2,4-5,8-10,14H,3,6-7,13H2,1H3. The molecule has 3 N–H and O–H groups in total. The Morgan fingerprint density at radius 3 is 3.06 bits per heavy atom. The minimum atomic E-state index is 0.285. The number of rotatable bonds is 6. The molecule has 6 nitrogen and oxygen atoms in total. The van der Waals surface area contributed by atoms with E-state index in [9.17, 15) is 0 Å². The van der Waals surface area contributed by atoms with E-state index in [4.69, 9.17) is 5.73 Å². The third-order valence-electron chi connectivity index (χ3n) is 2.82. The summed E-state index contributed by atoms with van der Waals surface area (Å²) in [7, 11) is 0. The van der Waals surface area contributed by atoms with Gasteiger partial charge in [0.05, 0.1) is 5.69 Å². The van der Waals surface area contributed by atoms with Crippen molar-refractivity contribution >= 4 is 0 Å². The van der Waals surface area contributed by atoms with Gasteiger partial charge in [0.2, 0.25) is 0 Å². The van der Waals surface area contributed by atoms with Gasteiger partial charge in [-0.15, -0.1) is 5.10 Å². The van der Waals surface area contributed by atoms with Gasteiger partial charge < -0.3 is 11.1 Å². The Morgan fingerprint density at radius 2 is 2.33 bits per heavy atom. The van der Waals surface area contributed by atoms with Crippen LogP contribution in [-0.2, 0) is 0 Å². The third-order valence-corrected chi connectivity index (χ3v) is 2.82. The van der Waals surface area contributed by atoms with Crippen LogP contribution >= 0.6 is 0 Å². The van der Waals surface area contributed by atoms with Gasteiger partial charge in [-0.1, -0.05) is 12.1 Å². The van der Waals surface area contributed by atoms with Gasteiger partial charge in [0, 0.05) is 6.04 Å². The Bertz CT molecular complexity index is 467. The molecule has 2 aromatic rings. The van der Waals surface area contributed by atoms with Crippen molar-refractivity contribution in [2.45, 2.75) is 19.4 Å². The minimum absolute atomic E-state index is 0.285. The summed E-state index contributed by atoms with van der Waals surface area (Å²) in [6.45, 7) is 3.77. The first kappa shape index (κ1) is 12.7. The highest BCUT2D eigenvalue weighted by Gasteiger charge is 2.06. The predicted octanol–water partition coefficient (Wildman–Crippen LogP) is 0.662. The first-order valence-corrected chi connectivity index (χ1v) is 6.08. The second-order valence-corrected chi connectivity index (χ2v) is 4.17. The molecule has 1 unspecified atom stereocenters.